The predicted molar refractivity (Wildman–Crippen MR) is 409 cm³/mol. The Kier molecular flexibility index (Phi) is 69.9. The van der Waals surface area contributed by atoms with Crippen LogP contribution >= 0.6 is 15.6 Å². The smallest absolute Gasteiger partial charge is 0.462 e. The van der Waals surface area contributed by atoms with Crippen LogP contribution in [0, 0.1) is 17.8 Å². The lowest BCUT2D eigenvalue weighted by atomic mass is 10.0. The van der Waals surface area contributed by atoms with Gasteiger partial charge in [0.25, 0.3) is 0 Å². The maximum absolute atomic E-state index is 13.1. The first-order valence-corrected chi connectivity index (χ1v) is 44.8. The Hall–Kier alpha value is -1.94. The highest BCUT2D eigenvalue weighted by molar-refractivity contribution is 7.47. The Morgan fingerprint density at radius 1 is 0.270 bits per heavy atom. The average molecular weight is 1470 g/mol. The van der Waals surface area contributed by atoms with E-state index in [2.05, 4.69) is 48.5 Å². The minimum absolute atomic E-state index is 0.105. The zero-order valence-electron chi connectivity index (χ0n) is 65.7. The molecule has 0 radical (unpaired) electrons. The summed E-state index contributed by atoms with van der Waals surface area (Å²) in [4.78, 5) is 73.0. The van der Waals surface area contributed by atoms with Gasteiger partial charge in [-0.2, -0.15) is 0 Å². The Bertz CT molecular complexity index is 1940. The van der Waals surface area contributed by atoms with E-state index < -0.39 is 97.5 Å². The predicted octanol–water partition coefficient (Wildman–Crippen LogP) is 24.1. The van der Waals surface area contributed by atoms with Gasteiger partial charge in [0.05, 0.1) is 26.4 Å². The van der Waals surface area contributed by atoms with Crippen molar-refractivity contribution in [1.29, 1.82) is 0 Å². The molecule has 2 unspecified atom stereocenters. The number of aliphatic hydroxyl groups excluding tert-OH is 1. The topological polar surface area (TPSA) is 237 Å². The maximum atomic E-state index is 13.1. The molecule has 0 heterocycles. The lowest BCUT2D eigenvalue weighted by Crippen LogP contribution is -2.30. The first-order chi connectivity index (χ1) is 48.2. The number of phosphoric ester groups is 2. The van der Waals surface area contributed by atoms with E-state index in [0.29, 0.717) is 31.6 Å². The van der Waals surface area contributed by atoms with Gasteiger partial charge in [0.1, 0.15) is 19.3 Å². The summed E-state index contributed by atoms with van der Waals surface area (Å²) < 4.78 is 68.7. The van der Waals surface area contributed by atoms with Crippen molar-refractivity contribution < 1.29 is 80.2 Å². The second-order valence-electron chi connectivity index (χ2n) is 30.6. The summed E-state index contributed by atoms with van der Waals surface area (Å²) in [6.07, 6.45) is 59.9. The molecular formula is C81H158O17P2. The number of ether oxygens (including phenoxy) is 4. The zero-order valence-corrected chi connectivity index (χ0v) is 67.5. The highest BCUT2D eigenvalue weighted by Crippen LogP contribution is 2.45. The molecule has 0 aromatic rings. The molecule has 0 rings (SSSR count). The molecule has 0 saturated carbocycles. The number of phosphoric acid groups is 2. The van der Waals surface area contributed by atoms with Crippen LogP contribution in [0.25, 0.3) is 0 Å². The molecule has 0 amide bonds. The molecule has 0 aliphatic carbocycles. The van der Waals surface area contributed by atoms with E-state index >= 15 is 0 Å². The van der Waals surface area contributed by atoms with Crippen molar-refractivity contribution in [3.63, 3.8) is 0 Å². The van der Waals surface area contributed by atoms with Crippen molar-refractivity contribution >= 4 is 39.5 Å². The van der Waals surface area contributed by atoms with E-state index in [1.807, 2.05) is 0 Å². The van der Waals surface area contributed by atoms with Crippen LogP contribution in [0.4, 0.5) is 0 Å². The fourth-order valence-corrected chi connectivity index (χ4v) is 14.1. The van der Waals surface area contributed by atoms with Crippen molar-refractivity contribution in [2.45, 2.75) is 439 Å². The summed E-state index contributed by atoms with van der Waals surface area (Å²) in [5.74, 6) is 0.130. The van der Waals surface area contributed by atoms with Crippen LogP contribution in [0.3, 0.4) is 0 Å². The van der Waals surface area contributed by atoms with Crippen molar-refractivity contribution in [3.05, 3.63) is 0 Å². The molecule has 17 nitrogen and oxygen atoms in total. The molecule has 0 saturated heterocycles. The minimum atomic E-state index is -4.96. The van der Waals surface area contributed by atoms with E-state index in [9.17, 15) is 43.2 Å². The van der Waals surface area contributed by atoms with E-state index in [-0.39, 0.29) is 25.7 Å². The molecule has 0 fully saturated rings. The van der Waals surface area contributed by atoms with Gasteiger partial charge in [-0.05, 0) is 43.4 Å². The largest absolute Gasteiger partial charge is 0.472 e. The van der Waals surface area contributed by atoms with Gasteiger partial charge in [0, 0.05) is 25.7 Å². The van der Waals surface area contributed by atoms with Crippen LogP contribution < -0.4 is 0 Å². The molecule has 3 N–H and O–H groups in total. The Balaban J connectivity index is 5.22. The lowest BCUT2D eigenvalue weighted by molar-refractivity contribution is -0.161. The number of aliphatic hydroxyl groups is 1. The second-order valence-corrected chi connectivity index (χ2v) is 33.5. The SMILES string of the molecule is CCCCCCCCCCCCCCCCCCCCCCC(=O)O[C@H](COC(=O)CCCCCCCCCCCCCCCCC(C)C)COP(=O)(O)OC[C@@H](O)COP(=O)(O)OC[C@@H](COC(=O)CCCCCCCCC(C)C)OC(=O)CCCCCCCCCCCCCC(C)C. The molecule has 19 heteroatoms. The number of esters is 4. The van der Waals surface area contributed by atoms with Gasteiger partial charge in [-0.15, -0.1) is 0 Å². The minimum Gasteiger partial charge on any atom is -0.462 e. The van der Waals surface area contributed by atoms with E-state index in [1.165, 1.54) is 225 Å². The van der Waals surface area contributed by atoms with Crippen molar-refractivity contribution in [3.8, 4) is 0 Å². The molecular weight excluding hydrogens is 1310 g/mol. The summed E-state index contributed by atoms with van der Waals surface area (Å²) in [6, 6.07) is 0. The molecule has 0 aliphatic heterocycles. The van der Waals surface area contributed by atoms with E-state index in [0.717, 1.165) is 108 Å². The average Bonchev–Trinajstić information content (AvgIpc) is 0.922. The molecule has 594 valence electrons. The number of carbonyl (C=O) groups is 4. The van der Waals surface area contributed by atoms with Gasteiger partial charge in [-0.25, -0.2) is 9.13 Å². The summed E-state index contributed by atoms with van der Waals surface area (Å²) >= 11 is 0. The van der Waals surface area contributed by atoms with Gasteiger partial charge in [0.2, 0.25) is 0 Å². The third-order valence-corrected chi connectivity index (χ3v) is 20.8. The van der Waals surface area contributed by atoms with Crippen LogP contribution in [0.1, 0.15) is 421 Å². The summed E-state index contributed by atoms with van der Waals surface area (Å²) in [5.41, 5.74) is 0. The second kappa shape index (κ2) is 71.3. The van der Waals surface area contributed by atoms with Gasteiger partial charge >= 0.3 is 39.5 Å². The Morgan fingerprint density at radius 3 is 0.680 bits per heavy atom. The molecule has 0 bridgehead atoms. The lowest BCUT2D eigenvalue weighted by Gasteiger charge is -2.21. The molecule has 0 aromatic heterocycles. The van der Waals surface area contributed by atoms with Crippen molar-refractivity contribution in [2.75, 3.05) is 39.6 Å². The number of hydrogen-bond donors (Lipinski definition) is 3. The Morgan fingerprint density at radius 2 is 0.460 bits per heavy atom. The summed E-state index contributed by atoms with van der Waals surface area (Å²) in [7, 11) is -9.92. The number of unbranched alkanes of at least 4 members (excludes halogenated alkanes) is 47. The fourth-order valence-electron chi connectivity index (χ4n) is 12.5. The quantitative estimate of drug-likeness (QED) is 0.0222. The van der Waals surface area contributed by atoms with Gasteiger partial charge < -0.3 is 33.8 Å². The standard InChI is InChI=1S/C81H158O17P2/c1-8-9-10-11-12-13-14-15-16-17-18-19-20-21-26-31-36-41-50-57-64-80(85)97-76(68-91-78(83)62-55-48-40-35-30-25-23-22-24-28-33-38-45-52-59-72(2)3)70-95-99(87,88)93-66-75(82)67-94-100(89,90)96-71-77(69-92-79(84)63-56-49-44-43-47-54-61-74(6)7)98-81(86)65-58-51-42-37-32-27-29-34-39-46-53-60-73(4)5/h72-77,82H,8-71H2,1-7H3,(H,87,88)(H,89,90)/t75-,76-,77-/m1/s1. The first-order valence-electron chi connectivity index (χ1n) is 41.8. The highest BCUT2D eigenvalue weighted by Gasteiger charge is 2.30. The normalized spacial score (nSPS) is 14.0. The van der Waals surface area contributed by atoms with Gasteiger partial charge in [0.15, 0.2) is 12.2 Å². The van der Waals surface area contributed by atoms with E-state index in [1.54, 1.807) is 0 Å². The highest BCUT2D eigenvalue weighted by atomic mass is 31.2. The van der Waals surface area contributed by atoms with Crippen molar-refractivity contribution in [2.24, 2.45) is 17.8 Å². The third kappa shape index (κ3) is 74.3. The van der Waals surface area contributed by atoms with Crippen LogP contribution in [-0.2, 0) is 65.4 Å². The Labute approximate surface area is 613 Å². The van der Waals surface area contributed by atoms with Crippen molar-refractivity contribution in [1.82, 2.24) is 0 Å². The molecule has 0 spiro atoms. The fraction of sp³-hybridized carbons (Fsp3) is 0.951. The monoisotopic (exact) mass is 1470 g/mol. The molecule has 0 aromatic carbocycles. The number of hydrogen-bond acceptors (Lipinski definition) is 15. The molecule has 5 atom stereocenters. The van der Waals surface area contributed by atoms with Gasteiger partial charge in [-0.1, -0.05) is 370 Å². The van der Waals surface area contributed by atoms with Crippen LogP contribution in [0.5, 0.6) is 0 Å². The van der Waals surface area contributed by atoms with E-state index in [4.69, 9.17) is 37.0 Å². The summed E-state index contributed by atoms with van der Waals surface area (Å²) in [5, 5.41) is 10.6. The summed E-state index contributed by atoms with van der Waals surface area (Å²) in [6.45, 7) is 11.9. The third-order valence-electron chi connectivity index (χ3n) is 18.9. The van der Waals surface area contributed by atoms with Crippen LogP contribution in [-0.4, -0.2) is 96.7 Å². The number of carbonyl (C=O) groups excluding carboxylic acids is 4. The van der Waals surface area contributed by atoms with Crippen LogP contribution in [0.15, 0.2) is 0 Å². The molecule has 100 heavy (non-hydrogen) atoms. The number of rotatable bonds is 79. The van der Waals surface area contributed by atoms with Gasteiger partial charge in [-0.3, -0.25) is 37.3 Å². The maximum Gasteiger partial charge on any atom is 0.472 e. The molecule has 0 aliphatic rings. The zero-order chi connectivity index (χ0) is 73.7. The van der Waals surface area contributed by atoms with Crippen LogP contribution in [0.2, 0.25) is 0 Å². The first kappa shape index (κ1) is 98.1.